The molecule has 0 radical (unpaired) electrons. The van der Waals surface area contributed by atoms with Crippen LogP contribution in [0.1, 0.15) is 23.1 Å². The number of carbonyl (C=O) groups excluding carboxylic acids is 2. The normalized spacial score (nSPS) is 34.9. The van der Waals surface area contributed by atoms with Gasteiger partial charge >= 0.3 is 0 Å². The van der Waals surface area contributed by atoms with Crippen molar-refractivity contribution in [2.45, 2.75) is 23.9 Å². The Hall–Kier alpha value is -3.60. The number of phenolic OH excluding ortho intramolecular Hbond substituents is 3. The van der Waals surface area contributed by atoms with Crippen LogP contribution in [0.3, 0.4) is 0 Å². The maximum absolute atomic E-state index is 13.3. The Bertz CT molecular complexity index is 1320. The molecular weight excluding hydrogens is 460 g/mol. The van der Waals surface area contributed by atoms with Crippen LogP contribution in [0.2, 0.25) is 0 Å². The predicted octanol–water partition coefficient (Wildman–Crippen LogP) is 1.05. The quantitative estimate of drug-likeness (QED) is 0.400. The van der Waals surface area contributed by atoms with Crippen molar-refractivity contribution in [3.05, 3.63) is 53.1 Å². The number of aromatic hydroxyl groups is 3. The summed E-state index contributed by atoms with van der Waals surface area (Å²) in [6.07, 6.45) is -1.50. The lowest BCUT2D eigenvalue weighted by Gasteiger charge is -2.49. The molecule has 0 amide bonds. The second-order valence-corrected chi connectivity index (χ2v) is 9.34. The summed E-state index contributed by atoms with van der Waals surface area (Å²) in [4.78, 5) is 26.4. The molecule has 10 heteroatoms. The summed E-state index contributed by atoms with van der Waals surface area (Å²) in [5.74, 6) is -6.79. The van der Waals surface area contributed by atoms with Gasteiger partial charge in [0.1, 0.15) is 23.4 Å². The lowest BCUT2D eigenvalue weighted by molar-refractivity contribution is -0.205. The number of fused-ring (bicyclic) bond motifs is 1. The van der Waals surface area contributed by atoms with Crippen molar-refractivity contribution in [1.82, 2.24) is 0 Å². The molecule has 2 fully saturated rings. The summed E-state index contributed by atoms with van der Waals surface area (Å²) >= 11 is 0. The fourth-order valence-electron chi connectivity index (χ4n) is 6.15. The number of phenols is 3. The number of hydrogen-bond acceptors (Lipinski definition) is 10. The number of allylic oxidation sites excluding steroid dienone is 1. The van der Waals surface area contributed by atoms with Crippen molar-refractivity contribution in [2.75, 3.05) is 13.7 Å². The van der Waals surface area contributed by atoms with E-state index in [4.69, 9.17) is 14.2 Å². The second kappa shape index (κ2) is 7.20. The molecule has 2 heterocycles. The molecule has 35 heavy (non-hydrogen) atoms. The number of ether oxygens (including phenoxy) is 3. The first-order chi connectivity index (χ1) is 16.7. The highest BCUT2D eigenvalue weighted by molar-refractivity contribution is 5.98. The number of Topliss-reactive ketones (excluding diaryl/α,β-unsaturated/α-hetero) is 2. The number of benzene rings is 2. The fraction of sp³-hybridized carbons (Fsp3) is 0.360. The van der Waals surface area contributed by atoms with Gasteiger partial charge in [-0.2, -0.15) is 0 Å². The SMILES string of the molecule is COc1cc(C2C3C=C(C4Oc5cc(O)cc(O)c5C(O)C4=O)C4C2COC4(O)C3=O)ccc1O. The Morgan fingerprint density at radius 1 is 1.09 bits per heavy atom. The van der Waals surface area contributed by atoms with E-state index in [1.54, 1.807) is 18.2 Å². The summed E-state index contributed by atoms with van der Waals surface area (Å²) in [6, 6.07) is 6.94. The van der Waals surface area contributed by atoms with Crippen LogP contribution in [0.25, 0.3) is 0 Å². The molecule has 2 aromatic carbocycles. The number of aliphatic hydroxyl groups is 2. The minimum atomic E-state index is -2.15. The molecule has 182 valence electrons. The van der Waals surface area contributed by atoms with Gasteiger partial charge in [0.05, 0.1) is 25.2 Å². The molecule has 7 unspecified atom stereocenters. The molecular formula is C25H22O10. The van der Waals surface area contributed by atoms with Gasteiger partial charge in [0.2, 0.25) is 11.6 Å². The topological polar surface area (TPSA) is 163 Å². The highest BCUT2D eigenvalue weighted by Gasteiger charge is 2.69. The maximum atomic E-state index is 13.3. The zero-order valence-electron chi connectivity index (χ0n) is 18.4. The second-order valence-electron chi connectivity index (χ2n) is 9.34. The minimum Gasteiger partial charge on any atom is -0.508 e. The lowest BCUT2D eigenvalue weighted by Crippen LogP contribution is -2.60. The molecule has 0 spiro atoms. The largest absolute Gasteiger partial charge is 0.508 e. The van der Waals surface area contributed by atoms with Gasteiger partial charge in [0, 0.05) is 29.9 Å². The molecule has 7 atom stereocenters. The van der Waals surface area contributed by atoms with Crippen molar-refractivity contribution in [3.63, 3.8) is 0 Å². The van der Waals surface area contributed by atoms with Crippen LogP contribution in [0.5, 0.6) is 28.7 Å². The minimum absolute atomic E-state index is 0.0379. The zero-order chi connectivity index (χ0) is 24.8. The molecule has 2 aromatic rings. The van der Waals surface area contributed by atoms with Gasteiger partial charge in [-0.3, -0.25) is 9.59 Å². The number of rotatable bonds is 3. The monoisotopic (exact) mass is 482 g/mol. The number of hydrogen-bond donors (Lipinski definition) is 5. The van der Waals surface area contributed by atoms with Gasteiger partial charge in [0.15, 0.2) is 23.4 Å². The van der Waals surface area contributed by atoms with E-state index in [2.05, 4.69) is 0 Å². The van der Waals surface area contributed by atoms with Crippen LogP contribution >= 0.6 is 0 Å². The first-order valence-electron chi connectivity index (χ1n) is 11.1. The number of methoxy groups -OCH3 is 1. The van der Waals surface area contributed by atoms with Crippen molar-refractivity contribution in [2.24, 2.45) is 17.8 Å². The predicted molar refractivity (Wildman–Crippen MR) is 116 cm³/mol. The highest BCUT2D eigenvalue weighted by atomic mass is 16.6. The van der Waals surface area contributed by atoms with E-state index in [-0.39, 0.29) is 35.2 Å². The summed E-state index contributed by atoms with van der Waals surface area (Å²) in [6.45, 7) is 0.0379. The van der Waals surface area contributed by atoms with E-state index >= 15 is 0 Å². The van der Waals surface area contributed by atoms with E-state index in [1.165, 1.54) is 19.2 Å². The number of carbonyl (C=O) groups is 2. The van der Waals surface area contributed by atoms with Crippen LogP contribution in [-0.2, 0) is 14.3 Å². The molecule has 0 aromatic heterocycles. The average Bonchev–Trinajstić information content (AvgIpc) is 3.14. The summed E-state index contributed by atoms with van der Waals surface area (Å²) < 4.78 is 16.7. The van der Waals surface area contributed by atoms with Crippen molar-refractivity contribution >= 4 is 11.6 Å². The Balaban J connectivity index is 1.46. The van der Waals surface area contributed by atoms with E-state index in [0.29, 0.717) is 11.1 Å². The molecule has 7 rings (SSSR count). The van der Waals surface area contributed by atoms with E-state index in [1.807, 2.05) is 0 Å². The van der Waals surface area contributed by atoms with Crippen LogP contribution < -0.4 is 9.47 Å². The molecule has 10 nitrogen and oxygen atoms in total. The third-order valence-corrected chi connectivity index (χ3v) is 7.62. The van der Waals surface area contributed by atoms with E-state index in [0.717, 1.165) is 6.07 Å². The average molecular weight is 482 g/mol. The molecule has 5 aliphatic rings. The van der Waals surface area contributed by atoms with E-state index in [9.17, 15) is 35.1 Å². The van der Waals surface area contributed by atoms with Gasteiger partial charge in [-0.1, -0.05) is 12.1 Å². The van der Waals surface area contributed by atoms with Crippen molar-refractivity contribution < 1.29 is 49.3 Å². The van der Waals surface area contributed by atoms with Crippen LogP contribution in [0, 0.1) is 17.8 Å². The first-order valence-corrected chi connectivity index (χ1v) is 11.1. The van der Waals surface area contributed by atoms with Gasteiger partial charge in [-0.15, -0.1) is 0 Å². The number of ketones is 2. The van der Waals surface area contributed by atoms with Gasteiger partial charge in [-0.25, -0.2) is 0 Å². The summed E-state index contributed by atoms with van der Waals surface area (Å²) in [5.41, 5.74) is 0.847. The lowest BCUT2D eigenvalue weighted by atomic mass is 9.55. The smallest absolute Gasteiger partial charge is 0.234 e. The van der Waals surface area contributed by atoms with Crippen LogP contribution in [0.15, 0.2) is 42.0 Å². The Morgan fingerprint density at radius 3 is 2.60 bits per heavy atom. The molecule has 2 aliphatic heterocycles. The Morgan fingerprint density at radius 2 is 1.86 bits per heavy atom. The van der Waals surface area contributed by atoms with Gasteiger partial charge < -0.3 is 39.7 Å². The third-order valence-electron chi connectivity index (χ3n) is 7.62. The zero-order valence-corrected chi connectivity index (χ0v) is 18.4. The summed E-state index contributed by atoms with van der Waals surface area (Å²) in [5, 5.41) is 51.9. The molecule has 4 bridgehead atoms. The van der Waals surface area contributed by atoms with Crippen molar-refractivity contribution in [3.8, 4) is 28.7 Å². The molecule has 5 N–H and O–H groups in total. The summed E-state index contributed by atoms with van der Waals surface area (Å²) in [7, 11) is 1.41. The first kappa shape index (κ1) is 21.9. The maximum Gasteiger partial charge on any atom is 0.234 e. The van der Waals surface area contributed by atoms with Gasteiger partial charge in [0.25, 0.3) is 0 Å². The van der Waals surface area contributed by atoms with Crippen molar-refractivity contribution in [1.29, 1.82) is 0 Å². The Labute approximate surface area is 198 Å². The third kappa shape index (κ3) is 2.81. The van der Waals surface area contributed by atoms with Gasteiger partial charge in [-0.05, 0) is 23.3 Å². The molecule has 1 saturated heterocycles. The number of aliphatic hydroxyl groups excluding tert-OH is 1. The molecule has 3 aliphatic carbocycles. The highest BCUT2D eigenvalue weighted by Crippen LogP contribution is 2.61. The molecule has 1 saturated carbocycles. The Kier molecular flexibility index (Phi) is 4.51. The fourth-order valence-corrected chi connectivity index (χ4v) is 6.15. The van der Waals surface area contributed by atoms with E-state index < -0.39 is 59.0 Å². The van der Waals surface area contributed by atoms with Crippen LogP contribution in [0.4, 0.5) is 0 Å². The standard InChI is InChI=1S/C25H22O10/c1-33-16-4-9(2-3-14(16)27)18-11-7-12(20-13(18)8-34-25(20,32)24(11)31)23-22(30)21(29)19-15(28)5-10(26)6-17(19)35-23/h2-7,11,13,18,20-21,23,26-29,32H,8H2,1H3. The van der Waals surface area contributed by atoms with Crippen LogP contribution in [-0.4, -0.2) is 62.7 Å².